The fourth-order valence-electron chi connectivity index (χ4n) is 1.36. The molecule has 3 N–H and O–H groups in total. The fourth-order valence-corrected chi connectivity index (χ4v) is 2.63. The molecular formula is C14H22N2S. The third kappa shape index (κ3) is 4.08. The fraction of sp³-hybridized carbons (Fsp3) is 0.500. The monoisotopic (exact) mass is 250 g/mol. The average Bonchev–Trinajstić information content (AvgIpc) is 2.23. The van der Waals surface area contributed by atoms with Crippen LogP contribution in [0.1, 0.15) is 31.4 Å². The quantitative estimate of drug-likeness (QED) is 0.475. The van der Waals surface area contributed by atoms with E-state index in [4.69, 9.17) is 11.1 Å². The van der Waals surface area contributed by atoms with Crippen LogP contribution in [0.3, 0.4) is 0 Å². The van der Waals surface area contributed by atoms with Gasteiger partial charge in [-0.15, -0.1) is 11.8 Å². The van der Waals surface area contributed by atoms with Gasteiger partial charge in [-0.3, -0.25) is 5.41 Å². The van der Waals surface area contributed by atoms with E-state index in [1.165, 1.54) is 16.0 Å². The lowest BCUT2D eigenvalue weighted by Gasteiger charge is -2.22. The van der Waals surface area contributed by atoms with Gasteiger partial charge in [0.1, 0.15) is 0 Å². The number of thioether (sulfide) groups is 1. The highest BCUT2D eigenvalue weighted by molar-refractivity contribution is 7.99. The van der Waals surface area contributed by atoms with Crippen LogP contribution in [0.25, 0.3) is 0 Å². The number of nitrogens with two attached hydrogens (primary N) is 1. The van der Waals surface area contributed by atoms with E-state index in [0.29, 0.717) is 0 Å². The van der Waals surface area contributed by atoms with Crippen LogP contribution in [0.15, 0.2) is 23.1 Å². The minimum atomic E-state index is -0.188. The van der Waals surface area contributed by atoms with E-state index < -0.39 is 0 Å². The van der Waals surface area contributed by atoms with E-state index in [1.807, 2.05) is 25.6 Å². The Morgan fingerprint density at radius 3 is 2.47 bits per heavy atom. The van der Waals surface area contributed by atoms with Crippen LogP contribution in [0.5, 0.6) is 0 Å². The van der Waals surface area contributed by atoms with Crippen molar-refractivity contribution < 1.29 is 0 Å². The van der Waals surface area contributed by atoms with Crippen LogP contribution >= 0.6 is 11.8 Å². The van der Waals surface area contributed by atoms with E-state index in [0.717, 1.165) is 12.2 Å². The van der Waals surface area contributed by atoms with E-state index in [2.05, 4.69) is 32.0 Å². The average molecular weight is 250 g/mol. The number of amidine groups is 1. The Hall–Kier alpha value is -0.960. The Balaban J connectivity index is 2.51. The van der Waals surface area contributed by atoms with E-state index in [1.54, 1.807) is 0 Å². The third-order valence-corrected chi connectivity index (χ3v) is 4.20. The molecule has 0 fully saturated rings. The summed E-state index contributed by atoms with van der Waals surface area (Å²) in [6.45, 7) is 8.31. The third-order valence-electron chi connectivity index (χ3n) is 3.20. The van der Waals surface area contributed by atoms with Crippen molar-refractivity contribution in [3.8, 4) is 0 Å². The number of nitrogens with one attached hydrogen (secondary N) is 1. The maximum atomic E-state index is 7.51. The molecule has 17 heavy (non-hydrogen) atoms. The largest absolute Gasteiger partial charge is 0.387 e. The van der Waals surface area contributed by atoms with Crippen molar-refractivity contribution >= 4 is 17.6 Å². The standard InChI is InChI=1S/C14H22N2S/c1-10-5-6-12(9-11(10)2)17-8-7-14(3,4)13(15)16/h5-6,9H,7-8H2,1-4H3,(H3,15,16). The zero-order chi connectivity index (χ0) is 13.1. The number of benzene rings is 1. The molecule has 0 aliphatic carbocycles. The zero-order valence-electron chi connectivity index (χ0n) is 11.1. The first-order chi connectivity index (χ1) is 7.83. The Labute approximate surface area is 108 Å². The molecule has 2 nitrogen and oxygen atoms in total. The van der Waals surface area contributed by atoms with E-state index >= 15 is 0 Å². The van der Waals surface area contributed by atoms with Crippen LogP contribution < -0.4 is 5.73 Å². The van der Waals surface area contributed by atoms with Crippen molar-refractivity contribution in [1.29, 1.82) is 5.41 Å². The molecule has 94 valence electrons. The van der Waals surface area contributed by atoms with Gasteiger partial charge in [-0.25, -0.2) is 0 Å². The summed E-state index contributed by atoms with van der Waals surface area (Å²) in [5.41, 5.74) is 8.05. The molecule has 0 spiro atoms. The van der Waals surface area contributed by atoms with Crippen molar-refractivity contribution in [2.75, 3.05) is 5.75 Å². The summed E-state index contributed by atoms with van der Waals surface area (Å²) < 4.78 is 0. The zero-order valence-corrected chi connectivity index (χ0v) is 11.9. The van der Waals surface area contributed by atoms with Gasteiger partial charge in [-0.05, 0) is 49.3 Å². The first-order valence-electron chi connectivity index (χ1n) is 5.87. The van der Waals surface area contributed by atoms with Crippen LogP contribution in [0, 0.1) is 24.7 Å². The van der Waals surface area contributed by atoms with E-state index in [-0.39, 0.29) is 11.3 Å². The van der Waals surface area contributed by atoms with Crippen molar-refractivity contribution in [2.45, 2.75) is 39.0 Å². The van der Waals surface area contributed by atoms with Crippen LogP contribution in [-0.4, -0.2) is 11.6 Å². The second-order valence-electron chi connectivity index (χ2n) is 5.14. The summed E-state index contributed by atoms with van der Waals surface area (Å²) in [7, 11) is 0. The van der Waals surface area contributed by atoms with Crippen LogP contribution in [-0.2, 0) is 0 Å². The topological polar surface area (TPSA) is 49.9 Å². The van der Waals surface area contributed by atoms with Crippen LogP contribution in [0.4, 0.5) is 0 Å². The molecular weight excluding hydrogens is 228 g/mol. The Morgan fingerprint density at radius 1 is 1.29 bits per heavy atom. The summed E-state index contributed by atoms with van der Waals surface area (Å²) in [5, 5.41) is 7.51. The maximum Gasteiger partial charge on any atom is 0.0963 e. The van der Waals surface area contributed by atoms with Crippen molar-refractivity contribution in [3.63, 3.8) is 0 Å². The van der Waals surface area contributed by atoms with Crippen molar-refractivity contribution in [2.24, 2.45) is 11.1 Å². The molecule has 0 unspecified atom stereocenters. The second-order valence-corrected chi connectivity index (χ2v) is 6.31. The van der Waals surface area contributed by atoms with Gasteiger partial charge in [-0.2, -0.15) is 0 Å². The highest BCUT2D eigenvalue weighted by Gasteiger charge is 2.20. The molecule has 0 heterocycles. The number of aryl methyl sites for hydroxylation is 2. The van der Waals surface area contributed by atoms with Gasteiger partial charge in [0, 0.05) is 10.3 Å². The number of hydrogen-bond donors (Lipinski definition) is 2. The summed E-state index contributed by atoms with van der Waals surface area (Å²) >= 11 is 1.84. The lowest BCUT2D eigenvalue weighted by Crippen LogP contribution is -2.31. The van der Waals surface area contributed by atoms with Gasteiger partial charge in [0.2, 0.25) is 0 Å². The van der Waals surface area contributed by atoms with Gasteiger partial charge in [-0.1, -0.05) is 19.9 Å². The SMILES string of the molecule is Cc1ccc(SCCC(C)(C)C(=N)N)cc1C. The molecule has 1 aromatic rings. The molecule has 0 atom stereocenters. The normalized spacial score (nSPS) is 11.5. The summed E-state index contributed by atoms with van der Waals surface area (Å²) in [6, 6.07) is 6.54. The Morgan fingerprint density at radius 2 is 1.94 bits per heavy atom. The molecule has 1 aromatic carbocycles. The van der Waals surface area contributed by atoms with Crippen molar-refractivity contribution in [3.05, 3.63) is 29.3 Å². The molecule has 0 radical (unpaired) electrons. The van der Waals surface area contributed by atoms with Gasteiger partial charge in [0.05, 0.1) is 5.84 Å². The number of hydrogen-bond acceptors (Lipinski definition) is 2. The van der Waals surface area contributed by atoms with Crippen molar-refractivity contribution in [1.82, 2.24) is 0 Å². The summed E-state index contributed by atoms with van der Waals surface area (Å²) in [6.07, 6.45) is 0.930. The Bertz CT molecular complexity index is 411. The molecule has 0 saturated carbocycles. The molecule has 0 amide bonds. The molecule has 0 aliphatic rings. The minimum Gasteiger partial charge on any atom is -0.387 e. The first kappa shape index (κ1) is 14.1. The molecule has 3 heteroatoms. The smallest absolute Gasteiger partial charge is 0.0963 e. The predicted molar refractivity (Wildman–Crippen MR) is 77.0 cm³/mol. The predicted octanol–water partition coefficient (Wildman–Crippen LogP) is 3.75. The second kappa shape index (κ2) is 5.58. The van der Waals surface area contributed by atoms with Gasteiger partial charge in [0.25, 0.3) is 0 Å². The lowest BCUT2D eigenvalue weighted by molar-refractivity contribution is 0.500. The first-order valence-corrected chi connectivity index (χ1v) is 6.86. The van der Waals surface area contributed by atoms with Crippen LogP contribution in [0.2, 0.25) is 0 Å². The number of rotatable bonds is 5. The lowest BCUT2D eigenvalue weighted by atomic mass is 9.89. The highest BCUT2D eigenvalue weighted by Crippen LogP contribution is 2.27. The molecule has 1 rings (SSSR count). The van der Waals surface area contributed by atoms with Gasteiger partial charge >= 0.3 is 0 Å². The molecule has 0 aromatic heterocycles. The van der Waals surface area contributed by atoms with Gasteiger partial charge in [0.15, 0.2) is 0 Å². The molecule has 0 aliphatic heterocycles. The Kier molecular flexibility index (Phi) is 4.63. The summed E-state index contributed by atoms with van der Waals surface area (Å²) in [5.74, 6) is 1.27. The minimum absolute atomic E-state index is 0.188. The van der Waals surface area contributed by atoms with Gasteiger partial charge < -0.3 is 5.73 Å². The molecule has 0 saturated heterocycles. The molecule has 0 bridgehead atoms. The highest BCUT2D eigenvalue weighted by atomic mass is 32.2. The summed E-state index contributed by atoms with van der Waals surface area (Å²) in [4.78, 5) is 1.30. The maximum absolute atomic E-state index is 7.51. The van der Waals surface area contributed by atoms with E-state index in [9.17, 15) is 0 Å².